The Balaban J connectivity index is 2.05. The van der Waals surface area contributed by atoms with Crippen molar-refractivity contribution >= 4 is 0 Å². The van der Waals surface area contributed by atoms with Gasteiger partial charge in [-0.15, -0.1) is 0 Å². The number of rotatable bonds is 8. The third kappa shape index (κ3) is 3.68. The maximum absolute atomic E-state index is 9.64. The van der Waals surface area contributed by atoms with Gasteiger partial charge in [0.15, 0.2) is 0 Å². The first kappa shape index (κ1) is 15.2. The lowest BCUT2D eigenvalue weighted by atomic mass is 9.86. The van der Waals surface area contributed by atoms with Gasteiger partial charge in [0.2, 0.25) is 0 Å². The van der Waals surface area contributed by atoms with Gasteiger partial charge in [-0.25, -0.2) is 0 Å². The highest BCUT2D eigenvalue weighted by molar-refractivity contribution is 5.44. The second-order valence-electron chi connectivity index (χ2n) is 6.17. The lowest BCUT2D eigenvalue weighted by Crippen LogP contribution is -2.34. The van der Waals surface area contributed by atoms with Crippen molar-refractivity contribution in [2.45, 2.75) is 77.2 Å². The molecule has 1 aliphatic heterocycles. The van der Waals surface area contributed by atoms with Crippen LogP contribution in [-0.2, 0) is 6.42 Å². The highest BCUT2D eigenvalue weighted by Gasteiger charge is 2.38. The number of aromatic hydroxyl groups is 1. The molecule has 0 spiro atoms. The monoisotopic (exact) mass is 276 g/mol. The second-order valence-corrected chi connectivity index (χ2v) is 6.17. The predicted octanol–water partition coefficient (Wildman–Crippen LogP) is 5.23. The number of benzene rings is 1. The van der Waals surface area contributed by atoms with Crippen LogP contribution in [0.15, 0.2) is 18.2 Å². The van der Waals surface area contributed by atoms with Gasteiger partial charge in [-0.05, 0) is 43.9 Å². The van der Waals surface area contributed by atoms with Gasteiger partial charge in [-0.2, -0.15) is 0 Å². The van der Waals surface area contributed by atoms with Gasteiger partial charge in [0, 0.05) is 12.0 Å². The van der Waals surface area contributed by atoms with Crippen LogP contribution in [0.3, 0.4) is 0 Å². The summed E-state index contributed by atoms with van der Waals surface area (Å²) in [5, 5.41) is 9.64. The van der Waals surface area contributed by atoms with Crippen molar-refractivity contribution in [1.29, 1.82) is 0 Å². The maximum atomic E-state index is 9.64. The number of ether oxygens (including phenoxy) is 1. The Morgan fingerprint density at radius 2 is 1.70 bits per heavy atom. The van der Waals surface area contributed by atoms with Gasteiger partial charge in [-0.3, -0.25) is 0 Å². The van der Waals surface area contributed by atoms with Gasteiger partial charge >= 0.3 is 0 Å². The summed E-state index contributed by atoms with van der Waals surface area (Å²) in [4.78, 5) is 0. The van der Waals surface area contributed by atoms with E-state index in [1.54, 1.807) is 6.07 Å². The van der Waals surface area contributed by atoms with Crippen molar-refractivity contribution in [2.75, 3.05) is 0 Å². The lowest BCUT2D eigenvalue weighted by Gasteiger charge is -2.29. The third-order valence-corrected chi connectivity index (χ3v) is 4.36. The largest absolute Gasteiger partial charge is 0.508 e. The molecule has 0 aromatic heterocycles. The van der Waals surface area contributed by atoms with Crippen molar-refractivity contribution in [3.8, 4) is 11.5 Å². The second kappa shape index (κ2) is 7.01. The Kier molecular flexibility index (Phi) is 5.33. The maximum Gasteiger partial charge on any atom is 0.123 e. The molecule has 1 aromatic rings. The van der Waals surface area contributed by atoms with E-state index in [1.165, 1.54) is 44.1 Å². The Hall–Kier alpha value is -1.18. The van der Waals surface area contributed by atoms with Gasteiger partial charge in [-0.1, -0.05) is 39.5 Å². The fourth-order valence-corrected chi connectivity index (χ4v) is 3.22. The van der Waals surface area contributed by atoms with E-state index in [2.05, 4.69) is 13.8 Å². The Morgan fingerprint density at radius 1 is 1.05 bits per heavy atom. The topological polar surface area (TPSA) is 29.5 Å². The summed E-state index contributed by atoms with van der Waals surface area (Å²) in [5.41, 5.74) is 1.17. The Morgan fingerprint density at radius 3 is 2.30 bits per heavy atom. The number of hydrogen-bond acceptors (Lipinski definition) is 2. The van der Waals surface area contributed by atoms with Crippen LogP contribution in [-0.4, -0.2) is 10.7 Å². The molecule has 0 amide bonds. The van der Waals surface area contributed by atoms with E-state index in [0.29, 0.717) is 5.75 Å². The minimum absolute atomic E-state index is 0.0134. The first-order valence-corrected chi connectivity index (χ1v) is 8.20. The summed E-state index contributed by atoms with van der Waals surface area (Å²) in [7, 11) is 0. The molecule has 0 saturated carbocycles. The molecule has 20 heavy (non-hydrogen) atoms. The van der Waals surface area contributed by atoms with Crippen molar-refractivity contribution in [3.63, 3.8) is 0 Å². The zero-order valence-corrected chi connectivity index (χ0v) is 13.0. The van der Waals surface area contributed by atoms with Crippen LogP contribution in [0.1, 0.15) is 70.8 Å². The molecule has 2 heteroatoms. The molecule has 1 aromatic carbocycles. The van der Waals surface area contributed by atoms with Gasteiger partial charge in [0.05, 0.1) is 0 Å². The van der Waals surface area contributed by atoms with E-state index in [4.69, 9.17) is 4.74 Å². The number of fused-ring (bicyclic) bond motifs is 1. The lowest BCUT2D eigenvalue weighted by molar-refractivity contribution is 0.0687. The van der Waals surface area contributed by atoms with Crippen molar-refractivity contribution in [3.05, 3.63) is 23.8 Å². The molecule has 0 atom stereocenters. The smallest absolute Gasteiger partial charge is 0.123 e. The van der Waals surface area contributed by atoms with E-state index in [-0.39, 0.29) is 5.60 Å². The van der Waals surface area contributed by atoms with Crippen LogP contribution >= 0.6 is 0 Å². The normalized spacial score (nSPS) is 15.9. The zero-order chi connectivity index (χ0) is 14.4. The molecule has 2 nitrogen and oxygen atoms in total. The van der Waals surface area contributed by atoms with E-state index < -0.39 is 0 Å². The molecule has 0 radical (unpaired) electrons. The highest BCUT2D eigenvalue weighted by atomic mass is 16.5. The number of hydrogen-bond donors (Lipinski definition) is 1. The summed E-state index contributed by atoms with van der Waals surface area (Å²) < 4.78 is 6.33. The SMILES string of the molecule is CCCCCC1(CCCCC)Cc2cc(O)ccc2O1. The third-order valence-electron chi connectivity index (χ3n) is 4.36. The van der Waals surface area contributed by atoms with Gasteiger partial charge in [0.1, 0.15) is 17.1 Å². The summed E-state index contributed by atoms with van der Waals surface area (Å²) in [5.74, 6) is 1.33. The molecule has 0 unspecified atom stereocenters. The first-order chi connectivity index (χ1) is 9.69. The molecule has 112 valence electrons. The molecule has 0 aliphatic carbocycles. The van der Waals surface area contributed by atoms with Crippen molar-refractivity contribution < 1.29 is 9.84 Å². The van der Waals surface area contributed by atoms with E-state index in [9.17, 15) is 5.11 Å². The number of unbranched alkanes of at least 4 members (excludes halogenated alkanes) is 4. The van der Waals surface area contributed by atoms with Crippen LogP contribution in [0.2, 0.25) is 0 Å². The average Bonchev–Trinajstić information content (AvgIpc) is 2.77. The summed E-state index contributed by atoms with van der Waals surface area (Å²) in [6, 6.07) is 5.52. The minimum atomic E-state index is -0.0134. The minimum Gasteiger partial charge on any atom is -0.508 e. The van der Waals surface area contributed by atoms with Gasteiger partial charge in [0.25, 0.3) is 0 Å². The van der Waals surface area contributed by atoms with Crippen LogP contribution in [0.4, 0.5) is 0 Å². The van der Waals surface area contributed by atoms with E-state index in [0.717, 1.165) is 25.0 Å². The molecule has 0 fully saturated rings. The van der Waals surface area contributed by atoms with Crippen LogP contribution in [0.25, 0.3) is 0 Å². The fourth-order valence-electron chi connectivity index (χ4n) is 3.22. The molecular weight excluding hydrogens is 248 g/mol. The van der Waals surface area contributed by atoms with Crippen molar-refractivity contribution in [1.82, 2.24) is 0 Å². The van der Waals surface area contributed by atoms with E-state index >= 15 is 0 Å². The zero-order valence-electron chi connectivity index (χ0n) is 13.0. The molecule has 2 rings (SSSR count). The molecule has 0 saturated heterocycles. The van der Waals surface area contributed by atoms with Crippen LogP contribution in [0, 0.1) is 0 Å². The van der Waals surface area contributed by atoms with Crippen molar-refractivity contribution in [2.24, 2.45) is 0 Å². The first-order valence-electron chi connectivity index (χ1n) is 8.20. The molecule has 1 heterocycles. The van der Waals surface area contributed by atoms with E-state index in [1.807, 2.05) is 12.1 Å². The van der Waals surface area contributed by atoms with Crippen LogP contribution in [0.5, 0.6) is 11.5 Å². The average molecular weight is 276 g/mol. The summed E-state index contributed by atoms with van der Waals surface area (Å²) in [6.45, 7) is 4.48. The molecular formula is C18H28O2. The predicted molar refractivity (Wildman–Crippen MR) is 83.5 cm³/mol. The highest BCUT2D eigenvalue weighted by Crippen LogP contribution is 2.42. The summed E-state index contributed by atoms with van der Waals surface area (Å²) >= 11 is 0. The quantitative estimate of drug-likeness (QED) is 0.659. The molecule has 1 aliphatic rings. The number of phenolic OH excluding ortho intramolecular Hbond substituents is 1. The van der Waals surface area contributed by atoms with Gasteiger partial charge < -0.3 is 9.84 Å². The summed E-state index contributed by atoms with van der Waals surface area (Å²) in [6.07, 6.45) is 10.8. The standard InChI is InChI=1S/C18H28O2/c1-3-5-7-11-18(12-8-6-4-2)14-15-13-16(19)9-10-17(15)20-18/h9-10,13,19H,3-8,11-12,14H2,1-2H3. The molecule has 1 N–H and O–H groups in total. The number of phenols is 1. The molecule has 0 bridgehead atoms. The Labute approximate surface area is 123 Å². The fraction of sp³-hybridized carbons (Fsp3) is 0.667. The Bertz CT molecular complexity index is 415. The van der Waals surface area contributed by atoms with Crippen LogP contribution < -0.4 is 4.74 Å².